The fraction of sp³-hybridized carbons (Fsp3) is 0.111. The van der Waals surface area contributed by atoms with Gasteiger partial charge in [-0.15, -0.1) is 0 Å². The average molecular weight is 198 g/mol. The average Bonchev–Trinajstić information content (AvgIpc) is 2.14. The van der Waals surface area contributed by atoms with E-state index in [4.69, 9.17) is 9.79 Å². The summed E-state index contributed by atoms with van der Waals surface area (Å²) < 4.78 is 4.55. The van der Waals surface area contributed by atoms with Crippen molar-refractivity contribution in [1.82, 2.24) is 0 Å². The van der Waals surface area contributed by atoms with E-state index in [0.717, 1.165) is 5.56 Å². The minimum absolute atomic E-state index is 0.216. The molecule has 0 unspecified atom stereocenters. The molecule has 13 heavy (non-hydrogen) atoms. The lowest BCUT2D eigenvalue weighted by molar-refractivity contribution is 0.282. The Morgan fingerprint density at radius 1 is 1.23 bits per heavy atom. The van der Waals surface area contributed by atoms with Gasteiger partial charge < -0.3 is 14.3 Å². The zero-order chi connectivity index (χ0) is 9.52. The van der Waals surface area contributed by atoms with Gasteiger partial charge in [-0.05, 0) is 5.56 Å². The van der Waals surface area contributed by atoms with E-state index in [1.807, 2.05) is 36.4 Å². The van der Waals surface area contributed by atoms with E-state index in [1.165, 1.54) is 0 Å². The molecular formula is C9H11O3P. The lowest BCUT2D eigenvalue weighted by atomic mass is 10.2. The first-order valence-corrected chi connectivity index (χ1v) is 4.98. The molecule has 0 aromatic heterocycles. The second-order valence-electron chi connectivity index (χ2n) is 2.36. The Morgan fingerprint density at radius 3 is 2.54 bits per heavy atom. The molecule has 4 heteroatoms. The summed E-state index contributed by atoms with van der Waals surface area (Å²) in [5.74, 6) is 0. The maximum absolute atomic E-state index is 8.41. The van der Waals surface area contributed by atoms with Gasteiger partial charge in [0.15, 0.2) is 0 Å². The Kier molecular flexibility index (Phi) is 4.65. The van der Waals surface area contributed by atoms with Crippen molar-refractivity contribution in [3.63, 3.8) is 0 Å². The summed E-state index contributed by atoms with van der Waals surface area (Å²) in [7, 11) is -2.23. The van der Waals surface area contributed by atoms with E-state index < -0.39 is 8.60 Å². The van der Waals surface area contributed by atoms with Crippen LogP contribution < -0.4 is 0 Å². The summed E-state index contributed by atoms with van der Waals surface area (Å²) in [6.07, 6.45) is 3.59. The second-order valence-corrected chi connectivity index (χ2v) is 3.13. The minimum Gasteiger partial charge on any atom is -0.328 e. The largest absolute Gasteiger partial charge is 0.328 e. The van der Waals surface area contributed by atoms with Crippen LogP contribution in [0.25, 0.3) is 6.08 Å². The molecule has 0 radical (unpaired) electrons. The zero-order valence-electron chi connectivity index (χ0n) is 7.00. The lowest BCUT2D eigenvalue weighted by Crippen LogP contribution is -1.82. The zero-order valence-corrected chi connectivity index (χ0v) is 7.89. The highest BCUT2D eigenvalue weighted by atomic mass is 31.2. The van der Waals surface area contributed by atoms with Crippen LogP contribution in [-0.4, -0.2) is 16.4 Å². The molecule has 0 saturated carbocycles. The third kappa shape index (κ3) is 4.76. The summed E-state index contributed by atoms with van der Waals surface area (Å²) in [6.45, 7) is 0.216. The summed E-state index contributed by atoms with van der Waals surface area (Å²) in [4.78, 5) is 16.8. The smallest absolute Gasteiger partial charge is 0.327 e. The van der Waals surface area contributed by atoms with E-state index in [0.29, 0.717) is 0 Å². The molecule has 0 aliphatic heterocycles. The Hall–Kier alpha value is -0.730. The summed E-state index contributed by atoms with van der Waals surface area (Å²) >= 11 is 0. The number of hydrogen-bond donors (Lipinski definition) is 2. The maximum atomic E-state index is 8.41. The van der Waals surface area contributed by atoms with Crippen LogP contribution in [-0.2, 0) is 4.52 Å². The SMILES string of the molecule is OP(O)OCC=Cc1ccccc1. The summed E-state index contributed by atoms with van der Waals surface area (Å²) in [5.41, 5.74) is 1.06. The van der Waals surface area contributed by atoms with Crippen LogP contribution in [0.1, 0.15) is 5.56 Å². The van der Waals surface area contributed by atoms with Gasteiger partial charge in [0.2, 0.25) is 0 Å². The van der Waals surface area contributed by atoms with Crippen molar-refractivity contribution >= 4 is 14.7 Å². The molecule has 0 saturated heterocycles. The minimum atomic E-state index is -2.23. The van der Waals surface area contributed by atoms with Gasteiger partial charge in [0.1, 0.15) is 0 Å². The predicted molar refractivity (Wildman–Crippen MR) is 52.8 cm³/mol. The van der Waals surface area contributed by atoms with E-state index >= 15 is 0 Å². The highest BCUT2D eigenvalue weighted by Crippen LogP contribution is 2.23. The molecule has 70 valence electrons. The standard InChI is InChI=1S/C9H11O3P/c10-13(11)12-8-4-7-9-5-2-1-3-6-9/h1-7,10-11H,8H2. The molecule has 0 fully saturated rings. The molecular weight excluding hydrogens is 187 g/mol. The molecule has 1 rings (SSSR count). The van der Waals surface area contributed by atoms with Crippen molar-refractivity contribution in [2.75, 3.05) is 6.61 Å². The van der Waals surface area contributed by atoms with Crippen LogP contribution in [0.4, 0.5) is 0 Å². The van der Waals surface area contributed by atoms with Gasteiger partial charge in [0.25, 0.3) is 0 Å². The maximum Gasteiger partial charge on any atom is 0.327 e. The monoisotopic (exact) mass is 198 g/mol. The van der Waals surface area contributed by atoms with Gasteiger partial charge in [0, 0.05) is 0 Å². The first-order chi connectivity index (χ1) is 6.29. The van der Waals surface area contributed by atoms with Crippen molar-refractivity contribution in [2.45, 2.75) is 0 Å². The number of hydrogen-bond acceptors (Lipinski definition) is 3. The molecule has 3 nitrogen and oxygen atoms in total. The third-order valence-corrected chi connectivity index (χ3v) is 1.78. The molecule has 0 spiro atoms. The number of benzene rings is 1. The quantitative estimate of drug-likeness (QED) is 0.726. The first kappa shape index (κ1) is 10.4. The molecule has 1 aromatic carbocycles. The molecule has 0 bridgehead atoms. The van der Waals surface area contributed by atoms with Gasteiger partial charge in [-0.3, -0.25) is 0 Å². The fourth-order valence-corrected chi connectivity index (χ4v) is 1.08. The van der Waals surface area contributed by atoms with Crippen LogP contribution in [0.2, 0.25) is 0 Å². The van der Waals surface area contributed by atoms with Gasteiger partial charge in [-0.2, -0.15) is 0 Å². The number of rotatable bonds is 4. The molecule has 0 atom stereocenters. The van der Waals surface area contributed by atoms with E-state index in [1.54, 1.807) is 6.08 Å². The topological polar surface area (TPSA) is 49.7 Å². The first-order valence-electron chi connectivity index (χ1n) is 3.81. The van der Waals surface area contributed by atoms with Gasteiger partial charge >= 0.3 is 8.60 Å². The molecule has 0 amide bonds. The molecule has 0 aliphatic carbocycles. The van der Waals surface area contributed by atoms with Crippen LogP contribution in [0.5, 0.6) is 0 Å². The van der Waals surface area contributed by atoms with Crippen molar-refractivity contribution in [2.24, 2.45) is 0 Å². The van der Waals surface area contributed by atoms with Gasteiger partial charge in [-0.25, -0.2) is 0 Å². The van der Waals surface area contributed by atoms with Crippen LogP contribution in [0, 0.1) is 0 Å². The third-order valence-electron chi connectivity index (χ3n) is 1.40. The molecule has 0 heterocycles. The second kappa shape index (κ2) is 5.84. The summed E-state index contributed by atoms with van der Waals surface area (Å²) in [6, 6.07) is 9.72. The normalized spacial score (nSPS) is 11.3. The highest BCUT2D eigenvalue weighted by molar-refractivity contribution is 7.39. The van der Waals surface area contributed by atoms with Crippen LogP contribution in [0.3, 0.4) is 0 Å². The van der Waals surface area contributed by atoms with E-state index in [2.05, 4.69) is 4.52 Å². The molecule has 1 aromatic rings. The van der Waals surface area contributed by atoms with Crippen LogP contribution >= 0.6 is 8.60 Å². The van der Waals surface area contributed by atoms with E-state index in [9.17, 15) is 0 Å². The van der Waals surface area contributed by atoms with Gasteiger partial charge in [-0.1, -0.05) is 42.5 Å². The lowest BCUT2D eigenvalue weighted by Gasteiger charge is -1.98. The summed E-state index contributed by atoms with van der Waals surface area (Å²) in [5, 5.41) is 0. The van der Waals surface area contributed by atoms with Crippen LogP contribution in [0.15, 0.2) is 36.4 Å². The predicted octanol–water partition coefficient (Wildman–Crippen LogP) is 1.93. The van der Waals surface area contributed by atoms with Crippen molar-refractivity contribution in [3.8, 4) is 0 Å². The van der Waals surface area contributed by atoms with Gasteiger partial charge in [0.05, 0.1) is 6.61 Å². The fourth-order valence-electron chi connectivity index (χ4n) is 0.858. The molecule has 2 N–H and O–H groups in total. The Bertz CT molecular complexity index is 259. The Morgan fingerprint density at radius 2 is 1.92 bits per heavy atom. The van der Waals surface area contributed by atoms with Crippen molar-refractivity contribution in [3.05, 3.63) is 42.0 Å². The Balaban J connectivity index is 2.33. The molecule has 0 aliphatic rings. The van der Waals surface area contributed by atoms with E-state index in [-0.39, 0.29) is 6.61 Å². The van der Waals surface area contributed by atoms with Crippen molar-refractivity contribution in [1.29, 1.82) is 0 Å². The Labute approximate surface area is 78.3 Å². The van der Waals surface area contributed by atoms with Crippen molar-refractivity contribution < 1.29 is 14.3 Å². The highest BCUT2D eigenvalue weighted by Gasteiger charge is 1.93.